The molecule has 1 aliphatic rings. The molecule has 0 aromatic heterocycles. The van der Waals surface area contributed by atoms with Crippen LogP contribution in [0.4, 0.5) is 4.39 Å². The lowest BCUT2D eigenvalue weighted by Crippen LogP contribution is -2.37. The first-order valence-corrected chi connectivity index (χ1v) is 6.25. The summed E-state index contributed by atoms with van der Waals surface area (Å²) in [6.07, 6.45) is 1.56. The Morgan fingerprint density at radius 3 is 2.89 bits per heavy atom. The van der Waals surface area contributed by atoms with E-state index in [1.807, 2.05) is 17.9 Å². The summed E-state index contributed by atoms with van der Waals surface area (Å²) in [5.41, 5.74) is 1.45. The van der Waals surface area contributed by atoms with Gasteiger partial charge in [0.2, 0.25) is 0 Å². The number of aryl methyl sites for hydroxylation is 1. The maximum Gasteiger partial charge on any atom is 0.320 e. The first-order chi connectivity index (χ1) is 8.50. The lowest BCUT2D eigenvalue weighted by molar-refractivity contribution is -0.142. The summed E-state index contributed by atoms with van der Waals surface area (Å²) >= 11 is 0. The number of hydrogen-bond donors (Lipinski definition) is 1. The smallest absolute Gasteiger partial charge is 0.320 e. The molecule has 1 aliphatic heterocycles. The number of nitrogens with zero attached hydrogens (tertiary/aromatic N) is 1. The summed E-state index contributed by atoms with van der Waals surface area (Å²) in [7, 11) is 0. The second-order valence-electron chi connectivity index (χ2n) is 4.92. The minimum atomic E-state index is -0.785. The van der Waals surface area contributed by atoms with Crippen molar-refractivity contribution in [3.63, 3.8) is 0 Å². The summed E-state index contributed by atoms with van der Waals surface area (Å²) in [5.74, 6) is -1.02. The summed E-state index contributed by atoms with van der Waals surface area (Å²) < 4.78 is 13.5. The zero-order valence-electron chi connectivity index (χ0n) is 10.7. The largest absolute Gasteiger partial charge is 0.480 e. The van der Waals surface area contributed by atoms with Gasteiger partial charge < -0.3 is 5.11 Å². The van der Waals surface area contributed by atoms with E-state index in [0.717, 1.165) is 18.5 Å². The highest BCUT2D eigenvalue weighted by Gasteiger charge is 2.34. The van der Waals surface area contributed by atoms with E-state index in [9.17, 15) is 9.18 Å². The molecular weight excluding hydrogens is 233 g/mol. The van der Waals surface area contributed by atoms with E-state index >= 15 is 0 Å². The number of hydrogen-bond acceptors (Lipinski definition) is 2. The second kappa shape index (κ2) is 5.06. The number of carboxylic acids is 1. The third kappa shape index (κ3) is 2.38. The molecular formula is C14H18FNO2. The van der Waals surface area contributed by atoms with Crippen molar-refractivity contribution >= 4 is 5.97 Å². The quantitative estimate of drug-likeness (QED) is 0.898. The number of halogens is 1. The number of likely N-dealkylation sites (tertiary alicyclic amines) is 1. The van der Waals surface area contributed by atoms with E-state index in [1.54, 1.807) is 13.0 Å². The molecule has 1 aromatic carbocycles. The summed E-state index contributed by atoms with van der Waals surface area (Å²) in [4.78, 5) is 13.1. The number of carbonyl (C=O) groups is 1. The summed E-state index contributed by atoms with van der Waals surface area (Å²) in [6, 6.07) is 4.62. The Hall–Kier alpha value is -1.42. The van der Waals surface area contributed by atoms with Gasteiger partial charge in [0.05, 0.1) is 0 Å². The number of carboxylic acid groups (broad SMARTS) is 1. The van der Waals surface area contributed by atoms with Gasteiger partial charge in [-0.05, 0) is 50.4 Å². The highest BCUT2D eigenvalue weighted by atomic mass is 19.1. The summed E-state index contributed by atoms with van der Waals surface area (Å²) in [6.45, 7) is 4.42. The van der Waals surface area contributed by atoms with Crippen LogP contribution >= 0.6 is 0 Å². The SMILES string of the molecule is Cc1ccc(C(C)N2CCCC2C(=O)O)cc1F. The Labute approximate surface area is 106 Å². The molecule has 1 N–H and O–H groups in total. The van der Waals surface area contributed by atoms with Crippen LogP contribution in [0.2, 0.25) is 0 Å². The highest BCUT2D eigenvalue weighted by Crippen LogP contribution is 2.29. The molecule has 0 radical (unpaired) electrons. The third-order valence-corrected chi connectivity index (χ3v) is 3.76. The van der Waals surface area contributed by atoms with Crippen LogP contribution < -0.4 is 0 Å². The van der Waals surface area contributed by atoms with E-state index in [4.69, 9.17) is 5.11 Å². The van der Waals surface area contributed by atoms with Gasteiger partial charge in [0.1, 0.15) is 11.9 Å². The van der Waals surface area contributed by atoms with Gasteiger partial charge in [-0.15, -0.1) is 0 Å². The molecule has 0 bridgehead atoms. The van der Waals surface area contributed by atoms with Gasteiger partial charge in [-0.2, -0.15) is 0 Å². The molecule has 18 heavy (non-hydrogen) atoms. The van der Waals surface area contributed by atoms with Crippen molar-refractivity contribution in [2.45, 2.75) is 38.8 Å². The maximum atomic E-state index is 13.5. The molecule has 1 saturated heterocycles. The molecule has 0 saturated carbocycles. The topological polar surface area (TPSA) is 40.5 Å². The van der Waals surface area contributed by atoms with E-state index in [0.29, 0.717) is 12.0 Å². The molecule has 1 heterocycles. The zero-order valence-corrected chi connectivity index (χ0v) is 10.7. The van der Waals surface area contributed by atoms with Gasteiger partial charge in [0.15, 0.2) is 0 Å². The first-order valence-electron chi connectivity index (χ1n) is 6.25. The van der Waals surface area contributed by atoms with Crippen molar-refractivity contribution < 1.29 is 14.3 Å². The predicted molar refractivity (Wildman–Crippen MR) is 66.9 cm³/mol. The fourth-order valence-corrected chi connectivity index (χ4v) is 2.58. The Balaban J connectivity index is 2.22. The molecule has 4 heteroatoms. The number of benzene rings is 1. The van der Waals surface area contributed by atoms with Crippen molar-refractivity contribution in [3.8, 4) is 0 Å². The molecule has 0 aliphatic carbocycles. The molecule has 2 rings (SSSR count). The van der Waals surface area contributed by atoms with Crippen LogP contribution in [0.1, 0.15) is 36.9 Å². The van der Waals surface area contributed by atoms with E-state index in [1.165, 1.54) is 6.07 Å². The van der Waals surface area contributed by atoms with E-state index in [-0.39, 0.29) is 11.9 Å². The Bertz CT molecular complexity index is 461. The van der Waals surface area contributed by atoms with Crippen LogP contribution in [0.25, 0.3) is 0 Å². The van der Waals surface area contributed by atoms with E-state index in [2.05, 4.69) is 0 Å². The number of rotatable bonds is 3. The molecule has 98 valence electrons. The fourth-order valence-electron chi connectivity index (χ4n) is 2.58. The third-order valence-electron chi connectivity index (χ3n) is 3.76. The molecule has 3 nitrogen and oxygen atoms in total. The summed E-state index contributed by atoms with van der Waals surface area (Å²) in [5, 5.41) is 9.16. The van der Waals surface area contributed by atoms with Crippen molar-refractivity contribution in [2.75, 3.05) is 6.54 Å². The van der Waals surface area contributed by atoms with Crippen molar-refractivity contribution in [1.29, 1.82) is 0 Å². The van der Waals surface area contributed by atoms with Crippen LogP contribution in [0.15, 0.2) is 18.2 Å². The van der Waals surface area contributed by atoms with Crippen LogP contribution in [0, 0.1) is 12.7 Å². The van der Waals surface area contributed by atoms with Crippen LogP contribution in [0.5, 0.6) is 0 Å². The molecule has 0 spiro atoms. The van der Waals surface area contributed by atoms with Gasteiger partial charge in [-0.3, -0.25) is 9.69 Å². The Morgan fingerprint density at radius 2 is 2.28 bits per heavy atom. The van der Waals surface area contributed by atoms with Gasteiger partial charge in [-0.1, -0.05) is 12.1 Å². The minimum absolute atomic E-state index is 0.0660. The first kappa shape index (κ1) is 13.0. The standard InChI is InChI=1S/C14H18FNO2/c1-9-5-6-11(8-12(9)15)10(2)16-7-3-4-13(16)14(17)18/h5-6,8,10,13H,3-4,7H2,1-2H3,(H,17,18). The Morgan fingerprint density at radius 1 is 1.56 bits per heavy atom. The highest BCUT2D eigenvalue weighted by molar-refractivity contribution is 5.73. The molecule has 1 fully saturated rings. The lowest BCUT2D eigenvalue weighted by atomic mass is 10.0. The molecule has 2 unspecified atom stereocenters. The van der Waals surface area contributed by atoms with Crippen molar-refractivity contribution in [1.82, 2.24) is 4.90 Å². The molecule has 2 atom stereocenters. The fraction of sp³-hybridized carbons (Fsp3) is 0.500. The number of aliphatic carboxylic acids is 1. The lowest BCUT2D eigenvalue weighted by Gasteiger charge is -2.28. The van der Waals surface area contributed by atoms with E-state index < -0.39 is 12.0 Å². The van der Waals surface area contributed by atoms with Gasteiger partial charge in [0.25, 0.3) is 0 Å². The Kier molecular flexibility index (Phi) is 3.66. The van der Waals surface area contributed by atoms with Crippen molar-refractivity contribution in [3.05, 3.63) is 35.1 Å². The maximum absolute atomic E-state index is 13.5. The monoisotopic (exact) mass is 251 g/mol. The van der Waals surface area contributed by atoms with Crippen molar-refractivity contribution in [2.24, 2.45) is 0 Å². The van der Waals surface area contributed by atoms with Crippen LogP contribution in [-0.4, -0.2) is 28.6 Å². The normalized spacial score (nSPS) is 22.1. The van der Waals surface area contributed by atoms with Gasteiger partial charge in [-0.25, -0.2) is 4.39 Å². The van der Waals surface area contributed by atoms with Gasteiger partial charge >= 0.3 is 5.97 Å². The van der Waals surface area contributed by atoms with Crippen LogP contribution in [0.3, 0.4) is 0 Å². The molecule has 1 aromatic rings. The predicted octanol–water partition coefficient (Wildman–Crippen LogP) is 2.74. The van der Waals surface area contributed by atoms with Crippen LogP contribution in [-0.2, 0) is 4.79 Å². The second-order valence-corrected chi connectivity index (χ2v) is 4.92. The molecule has 0 amide bonds. The average Bonchev–Trinajstić information content (AvgIpc) is 2.81. The van der Waals surface area contributed by atoms with Gasteiger partial charge in [0, 0.05) is 6.04 Å². The average molecular weight is 251 g/mol. The minimum Gasteiger partial charge on any atom is -0.480 e. The zero-order chi connectivity index (χ0) is 13.3.